The van der Waals surface area contributed by atoms with E-state index in [9.17, 15) is 5.11 Å². The Kier molecular flexibility index (Phi) is 9.29. The molecule has 0 saturated carbocycles. The van der Waals surface area contributed by atoms with Gasteiger partial charge in [0.25, 0.3) is 0 Å². The summed E-state index contributed by atoms with van der Waals surface area (Å²) in [7, 11) is 0. The zero-order valence-corrected chi connectivity index (χ0v) is 22.0. The maximum absolute atomic E-state index is 11.6. The fourth-order valence-corrected chi connectivity index (χ4v) is 3.83. The van der Waals surface area contributed by atoms with Crippen LogP contribution < -0.4 is 45.9 Å². The second-order valence-electron chi connectivity index (χ2n) is 9.13. The predicted octanol–water partition coefficient (Wildman–Crippen LogP) is 4.00. The van der Waals surface area contributed by atoms with Crippen LogP contribution in [0, 0.1) is 0 Å². The summed E-state index contributed by atoms with van der Waals surface area (Å²) < 4.78 is 0. The number of hydrogen-bond acceptors (Lipinski definition) is 9. The van der Waals surface area contributed by atoms with Crippen molar-refractivity contribution < 1.29 is 5.11 Å². The first-order valence-electron chi connectivity index (χ1n) is 12.3. The highest BCUT2D eigenvalue weighted by molar-refractivity contribution is 5.68. The number of anilines is 8. The highest BCUT2D eigenvalue weighted by atomic mass is 16.3. The van der Waals surface area contributed by atoms with Gasteiger partial charge in [0.15, 0.2) is 0 Å². The minimum absolute atomic E-state index is 0.537. The fraction of sp³-hybridized carbons (Fsp3) is 0.0323. The van der Waals surface area contributed by atoms with Crippen LogP contribution in [0.1, 0.15) is 16.7 Å². The number of nitrogen functional groups attached to an aromatic ring is 8. The highest BCUT2D eigenvalue weighted by Gasteiger charge is 2.33. The lowest BCUT2D eigenvalue weighted by Crippen LogP contribution is -2.28. The summed E-state index contributed by atoms with van der Waals surface area (Å²) in [5.74, 6) is 0. The van der Waals surface area contributed by atoms with Crippen LogP contribution >= 0.6 is 0 Å². The Morgan fingerprint density at radius 3 is 0.950 bits per heavy atom. The first-order valence-corrected chi connectivity index (χ1v) is 12.3. The van der Waals surface area contributed by atoms with Gasteiger partial charge in [-0.25, -0.2) is 0 Å². The smallest absolute Gasteiger partial charge is 0.140 e. The van der Waals surface area contributed by atoms with Crippen molar-refractivity contribution in [3.63, 3.8) is 0 Å². The van der Waals surface area contributed by atoms with Gasteiger partial charge in [-0.05, 0) is 89.5 Å². The number of rotatable bonds is 3. The van der Waals surface area contributed by atoms with E-state index in [2.05, 4.69) is 0 Å². The summed E-state index contributed by atoms with van der Waals surface area (Å²) in [5.41, 5.74) is 50.3. The maximum Gasteiger partial charge on any atom is 0.140 e. The van der Waals surface area contributed by atoms with Gasteiger partial charge in [0.2, 0.25) is 0 Å². The third-order valence-electron chi connectivity index (χ3n) is 6.01. The van der Waals surface area contributed by atoms with E-state index < -0.39 is 5.60 Å². The van der Waals surface area contributed by atoms with Gasteiger partial charge in [-0.1, -0.05) is 42.5 Å². The van der Waals surface area contributed by atoms with Gasteiger partial charge in [-0.2, -0.15) is 0 Å². The van der Waals surface area contributed by atoms with Crippen molar-refractivity contribution in [2.24, 2.45) is 0 Å². The molecular formula is C31H36N8O. The van der Waals surface area contributed by atoms with Gasteiger partial charge in [0, 0.05) is 34.1 Å². The Morgan fingerprint density at radius 1 is 0.350 bits per heavy atom. The summed E-state index contributed by atoms with van der Waals surface area (Å²) in [5, 5.41) is 11.6. The molecule has 0 aliphatic heterocycles. The molecule has 0 spiro atoms. The molecule has 0 aromatic heterocycles. The molecule has 5 aromatic carbocycles. The Bertz CT molecular complexity index is 1390. The number of hydrogen-bond donors (Lipinski definition) is 9. The van der Waals surface area contributed by atoms with Crippen molar-refractivity contribution in [1.29, 1.82) is 0 Å². The van der Waals surface area contributed by atoms with Gasteiger partial charge in [0.1, 0.15) is 5.60 Å². The average molecular weight is 537 g/mol. The Balaban J connectivity index is 0.000000211. The lowest BCUT2D eigenvalue weighted by molar-refractivity contribution is 0.126. The van der Waals surface area contributed by atoms with E-state index in [1.54, 1.807) is 72.8 Å². The molecule has 0 bridgehead atoms. The molecule has 9 nitrogen and oxygen atoms in total. The zero-order valence-electron chi connectivity index (χ0n) is 22.0. The van der Waals surface area contributed by atoms with Gasteiger partial charge < -0.3 is 51.0 Å². The quantitative estimate of drug-likeness (QED) is 0.120. The van der Waals surface area contributed by atoms with E-state index in [1.165, 1.54) is 0 Å². The average Bonchev–Trinajstić information content (AvgIpc) is 2.92. The van der Waals surface area contributed by atoms with Crippen molar-refractivity contribution in [1.82, 2.24) is 0 Å². The first kappa shape index (κ1) is 29.0. The normalized spacial score (nSPS) is 10.4. The predicted molar refractivity (Wildman–Crippen MR) is 170 cm³/mol. The van der Waals surface area contributed by atoms with Crippen molar-refractivity contribution in [2.75, 3.05) is 45.9 Å². The van der Waals surface area contributed by atoms with Gasteiger partial charge in [-0.15, -0.1) is 0 Å². The lowest BCUT2D eigenvalue weighted by atomic mass is 9.80. The third kappa shape index (κ3) is 7.50. The van der Waals surface area contributed by atoms with Gasteiger partial charge >= 0.3 is 0 Å². The molecule has 0 radical (unpaired) electrons. The van der Waals surface area contributed by atoms with Crippen LogP contribution in [0.5, 0.6) is 0 Å². The molecule has 0 aliphatic carbocycles. The Morgan fingerprint density at radius 2 is 0.675 bits per heavy atom. The SMILES string of the molecule is Nc1ccc(C(O)(c2ccc(N)cc2)c2ccc(N)cc2)cc1.Nc1ccc(N)c(N)c1.Nc1cccc(N)c1. The van der Waals surface area contributed by atoms with Crippen molar-refractivity contribution in [3.05, 3.63) is 132 Å². The number of aliphatic hydroxyl groups is 1. The van der Waals surface area contributed by atoms with Crippen LogP contribution in [0.4, 0.5) is 45.5 Å². The van der Waals surface area contributed by atoms with Crippen molar-refractivity contribution in [2.45, 2.75) is 5.60 Å². The topological polar surface area (TPSA) is 228 Å². The molecule has 0 heterocycles. The summed E-state index contributed by atoms with van der Waals surface area (Å²) in [4.78, 5) is 0. The van der Waals surface area contributed by atoms with Crippen LogP contribution in [0.2, 0.25) is 0 Å². The molecule has 206 valence electrons. The van der Waals surface area contributed by atoms with Crippen LogP contribution in [-0.4, -0.2) is 5.11 Å². The van der Waals surface area contributed by atoms with Crippen molar-refractivity contribution in [3.8, 4) is 0 Å². The minimum Gasteiger partial charge on any atom is -0.399 e. The van der Waals surface area contributed by atoms with E-state index >= 15 is 0 Å². The van der Waals surface area contributed by atoms with E-state index in [4.69, 9.17) is 45.9 Å². The minimum atomic E-state index is -1.31. The molecule has 40 heavy (non-hydrogen) atoms. The van der Waals surface area contributed by atoms with Crippen LogP contribution in [0.25, 0.3) is 0 Å². The third-order valence-corrected chi connectivity index (χ3v) is 6.01. The fourth-order valence-electron chi connectivity index (χ4n) is 3.83. The maximum atomic E-state index is 11.6. The molecular weight excluding hydrogens is 500 g/mol. The van der Waals surface area contributed by atoms with E-state index in [0.29, 0.717) is 45.5 Å². The second kappa shape index (κ2) is 12.8. The molecule has 0 amide bonds. The van der Waals surface area contributed by atoms with Crippen LogP contribution in [-0.2, 0) is 5.60 Å². The monoisotopic (exact) mass is 536 g/mol. The Labute approximate surface area is 234 Å². The van der Waals surface area contributed by atoms with Gasteiger partial charge in [0.05, 0.1) is 11.4 Å². The van der Waals surface area contributed by atoms with Gasteiger partial charge in [-0.3, -0.25) is 0 Å². The lowest BCUT2D eigenvalue weighted by Gasteiger charge is -2.30. The zero-order chi connectivity index (χ0) is 29.3. The molecule has 0 saturated heterocycles. The first-order chi connectivity index (χ1) is 19.0. The molecule has 0 atom stereocenters. The molecule has 0 unspecified atom stereocenters. The van der Waals surface area contributed by atoms with Crippen molar-refractivity contribution >= 4 is 45.5 Å². The molecule has 5 rings (SSSR count). The molecule has 5 aromatic rings. The molecule has 17 N–H and O–H groups in total. The molecule has 9 heteroatoms. The summed E-state index contributed by atoms with van der Waals surface area (Å²) in [6.07, 6.45) is 0. The van der Waals surface area contributed by atoms with E-state index in [1.807, 2.05) is 42.5 Å². The summed E-state index contributed by atoms with van der Waals surface area (Å²) in [6.45, 7) is 0. The van der Waals surface area contributed by atoms with Crippen LogP contribution in [0.15, 0.2) is 115 Å². The number of benzene rings is 5. The van der Waals surface area contributed by atoms with E-state index in [0.717, 1.165) is 16.7 Å². The number of nitrogens with two attached hydrogens (primary N) is 8. The van der Waals surface area contributed by atoms with Crippen LogP contribution in [0.3, 0.4) is 0 Å². The standard InChI is InChI=1S/C19H19N3O.C6H9N3.C6H8N2/c20-16-7-1-13(2-8-16)19(23,14-3-9-17(21)10-4-14)15-5-11-18(22)12-6-15;7-4-1-2-5(8)6(9)3-4;7-5-2-1-3-6(8)4-5/h1-12,23H,20-22H2;1-3H,7-9H2;1-4H,7-8H2. The van der Waals surface area contributed by atoms with E-state index in [-0.39, 0.29) is 0 Å². The molecule has 0 aliphatic rings. The second-order valence-corrected chi connectivity index (χ2v) is 9.13. The largest absolute Gasteiger partial charge is 0.399 e. The molecule has 0 fully saturated rings. The highest BCUT2D eigenvalue weighted by Crippen LogP contribution is 2.37. The summed E-state index contributed by atoms with van der Waals surface area (Å²) >= 11 is 0. The summed E-state index contributed by atoms with van der Waals surface area (Å²) in [6, 6.07) is 33.7. The Hall–Kier alpha value is -5.54.